The first-order valence-electron chi connectivity index (χ1n) is 9.63. The Balaban J connectivity index is 1.73. The number of aromatic nitrogens is 3. The molecule has 2 amide bonds. The Morgan fingerprint density at radius 3 is 2.52 bits per heavy atom. The van der Waals surface area contributed by atoms with Crippen molar-refractivity contribution < 1.29 is 4.79 Å². The first-order valence-corrected chi connectivity index (χ1v) is 9.63. The highest BCUT2D eigenvalue weighted by molar-refractivity contribution is 5.79. The summed E-state index contributed by atoms with van der Waals surface area (Å²) in [6.45, 7) is 5.87. The number of nitrogens with one attached hydrogen (secondary N) is 1. The van der Waals surface area contributed by atoms with Gasteiger partial charge in [-0.3, -0.25) is 0 Å². The van der Waals surface area contributed by atoms with Crippen LogP contribution in [-0.2, 0) is 0 Å². The lowest BCUT2D eigenvalue weighted by molar-refractivity contribution is 0.193. The van der Waals surface area contributed by atoms with Gasteiger partial charge in [0.25, 0.3) is 0 Å². The Morgan fingerprint density at radius 2 is 1.90 bits per heavy atom. The van der Waals surface area contributed by atoms with Gasteiger partial charge >= 0.3 is 6.03 Å². The van der Waals surface area contributed by atoms with Crippen molar-refractivity contribution in [2.45, 2.75) is 6.92 Å². The van der Waals surface area contributed by atoms with Crippen LogP contribution in [0, 0.1) is 6.92 Å². The minimum Gasteiger partial charge on any atom is -0.384 e. The molecule has 1 saturated heterocycles. The van der Waals surface area contributed by atoms with Crippen LogP contribution in [0.25, 0.3) is 11.1 Å². The van der Waals surface area contributed by atoms with Crippen LogP contribution < -0.4 is 21.7 Å². The summed E-state index contributed by atoms with van der Waals surface area (Å²) in [5, 5.41) is 2.96. The second-order valence-electron chi connectivity index (χ2n) is 7.35. The molecule has 0 bridgehead atoms. The number of anilines is 3. The van der Waals surface area contributed by atoms with Gasteiger partial charge in [0.2, 0.25) is 5.95 Å². The fraction of sp³-hybridized carbons (Fsp3) is 0.474. The Kier molecular flexibility index (Phi) is 6.32. The molecule has 3 heterocycles. The summed E-state index contributed by atoms with van der Waals surface area (Å²) in [5.41, 5.74) is 14.2. The number of urea groups is 1. The number of pyridine rings is 1. The van der Waals surface area contributed by atoms with Crippen LogP contribution in [0.2, 0.25) is 0 Å². The van der Waals surface area contributed by atoms with Crippen LogP contribution in [-0.4, -0.2) is 84.1 Å². The third kappa shape index (κ3) is 5.02. The first-order chi connectivity index (χ1) is 13.8. The van der Waals surface area contributed by atoms with Gasteiger partial charge in [-0.25, -0.2) is 14.8 Å². The smallest absolute Gasteiger partial charge is 0.317 e. The third-order valence-corrected chi connectivity index (χ3v) is 4.86. The molecule has 0 unspecified atom stereocenters. The molecule has 0 atom stereocenters. The summed E-state index contributed by atoms with van der Waals surface area (Å²) in [6.07, 6.45) is 1.72. The summed E-state index contributed by atoms with van der Waals surface area (Å²) >= 11 is 0. The number of carbonyl (C=O) groups is 1. The number of aryl methyl sites for hydroxylation is 1. The maximum Gasteiger partial charge on any atom is 0.317 e. The summed E-state index contributed by atoms with van der Waals surface area (Å²) in [6, 6.07) is 3.63. The molecule has 0 saturated carbocycles. The standard InChI is InChI=1S/C19H29N9O/c1-13-16(14-4-5-15(20)23-12-14)17(25-18(21)24-13)27-8-10-28(11-9-27)19(29)22-6-7-26(2)3/h4-5,12H,6-11H2,1-3H3,(H2,20,23)(H,22,29)(H2,21,24,25). The highest BCUT2D eigenvalue weighted by Gasteiger charge is 2.25. The molecule has 156 valence electrons. The Hall–Kier alpha value is -3.14. The van der Waals surface area contributed by atoms with Gasteiger partial charge in [0, 0.05) is 56.6 Å². The SMILES string of the molecule is Cc1nc(N)nc(N2CCN(C(=O)NCCN(C)C)CC2)c1-c1ccc(N)nc1. The van der Waals surface area contributed by atoms with E-state index >= 15 is 0 Å². The van der Waals surface area contributed by atoms with Crippen LogP contribution in [0.15, 0.2) is 18.3 Å². The average molecular weight is 400 g/mol. The number of rotatable bonds is 5. The summed E-state index contributed by atoms with van der Waals surface area (Å²) in [5.74, 6) is 1.45. The van der Waals surface area contributed by atoms with E-state index in [1.165, 1.54) is 0 Å². The number of nitrogen functional groups attached to an aromatic ring is 2. The van der Waals surface area contributed by atoms with E-state index in [0.29, 0.717) is 38.5 Å². The van der Waals surface area contributed by atoms with Crippen molar-refractivity contribution in [1.82, 2.24) is 30.1 Å². The summed E-state index contributed by atoms with van der Waals surface area (Å²) in [7, 11) is 3.96. The second kappa shape index (κ2) is 8.91. The van der Waals surface area contributed by atoms with Crippen molar-refractivity contribution in [3.63, 3.8) is 0 Å². The van der Waals surface area contributed by atoms with E-state index in [9.17, 15) is 4.79 Å². The highest BCUT2D eigenvalue weighted by Crippen LogP contribution is 2.32. The predicted octanol–water partition coefficient (Wildman–Crippen LogP) is 0.405. The molecule has 0 radical (unpaired) electrons. The van der Waals surface area contributed by atoms with Crippen LogP contribution in [0.5, 0.6) is 0 Å². The second-order valence-corrected chi connectivity index (χ2v) is 7.35. The lowest BCUT2D eigenvalue weighted by atomic mass is 10.1. The average Bonchev–Trinajstić information content (AvgIpc) is 2.68. The van der Waals surface area contributed by atoms with Gasteiger partial charge in [-0.1, -0.05) is 0 Å². The monoisotopic (exact) mass is 399 g/mol. The van der Waals surface area contributed by atoms with Gasteiger partial charge in [0.05, 0.1) is 5.69 Å². The van der Waals surface area contributed by atoms with Crippen molar-refractivity contribution in [2.75, 3.05) is 69.7 Å². The minimum absolute atomic E-state index is 0.0344. The molecule has 0 spiro atoms. The molecular formula is C19H29N9O. The van der Waals surface area contributed by atoms with Crippen LogP contribution in [0.1, 0.15) is 5.69 Å². The number of amides is 2. The zero-order valence-electron chi connectivity index (χ0n) is 17.2. The number of likely N-dealkylation sites (N-methyl/N-ethyl adjacent to an activating group) is 1. The first kappa shape index (κ1) is 20.6. The van der Waals surface area contributed by atoms with Crippen LogP contribution in [0.3, 0.4) is 0 Å². The maximum absolute atomic E-state index is 12.4. The van der Waals surface area contributed by atoms with Crippen molar-refractivity contribution >= 4 is 23.6 Å². The third-order valence-electron chi connectivity index (χ3n) is 4.86. The lowest BCUT2D eigenvalue weighted by Crippen LogP contribution is -2.52. The Morgan fingerprint density at radius 1 is 1.17 bits per heavy atom. The van der Waals surface area contributed by atoms with Gasteiger partial charge < -0.3 is 31.5 Å². The molecule has 10 nitrogen and oxygen atoms in total. The number of hydrogen-bond acceptors (Lipinski definition) is 8. The molecule has 3 rings (SSSR count). The van der Waals surface area contributed by atoms with E-state index in [-0.39, 0.29) is 12.0 Å². The fourth-order valence-corrected chi connectivity index (χ4v) is 3.32. The van der Waals surface area contributed by atoms with E-state index in [1.807, 2.05) is 36.9 Å². The largest absolute Gasteiger partial charge is 0.384 e. The number of nitrogens with zero attached hydrogens (tertiary/aromatic N) is 6. The van der Waals surface area contributed by atoms with Crippen LogP contribution in [0.4, 0.5) is 22.4 Å². The van der Waals surface area contributed by atoms with E-state index in [0.717, 1.165) is 29.2 Å². The number of piperazine rings is 1. The molecule has 5 N–H and O–H groups in total. The zero-order chi connectivity index (χ0) is 21.0. The number of carbonyl (C=O) groups excluding carboxylic acids is 1. The quantitative estimate of drug-likeness (QED) is 0.659. The van der Waals surface area contributed by atoms with Gasteiger partial charge in [0.1, 0.15) is 11.6 Å². The van der Waals surface area contributed by atoms with E-state index in [4.69, 9.17) is 11.5 Å². The van der Waals surface area contributed by atoms with Crippen molar-refractivity contribution in [2.24, 2.45) is 0 Å². The predicted molar refractivity (Wildman–Crippen MR) is 115 cm³/mol. The molecule has 1 fully saturated rings. The molecule has 1 aliphatic heterocycles. The molecule has 2 aromatic rings. The minimum atomic E-state index is -0.0344. The number of nitrogens with two attached hydrogens (primary N) is 2. The summed E-state index contributed by atoms with van der Waals surface area (Å²) in [4.78, 5) is 31.4. The van der Waals surface area contributed by atoms with Gasteiger partial charge in [0.15, 0.2) is 0 Å². The van der Waals surface area contributed by atoms with E-state index in [1.54, 1.807) is 12.3 Å². The van der Waals surface area contributed by atoms with Crippen LogP contribution >= 0.6 is 0 Å². The normalized spacial score (nSPS) is 14.3. The zero-order valence-corrected chi connectivity index (χ0v) is 17.2. The molecule has 29 heavy (non-hydrogen) atoms. The molecular weight excluding hydrogens is 370 g/mol. The van der Waals surface area contributed by atoms with Gasteiger partial charge in [-0.15, -0.1) is 0 Å². The number of hydrogen-bond donors (Lipinski definition) is 3. The van der Waals surface area contributed by atoms with Crippen molar-refractivity contribution in [3.05, 3.63) is 24.0 Å². The topological polar surface area (TPSA) is 130 Å². The van der Waals surface area contributed by atoms with Gasteiger partial charge in [-0.2, -0.15) is 4.98 Å². The van der Waals surface area contributed by atoms with Crippen molar-refractivity contribution in [3.8, 4) is 11.1 Å². The fourth-order valence-electron chi connectivity index (χ4n) is 3.32. The molecule has 0 aliphatic carbocycles. The molecule has 0 aromatic carbocycles. The molecule has 1 aliphatic rings. The van der Waals surface area contributed by atoms with E-state index < -0.39 is 0 Å². The Bertz CT molecular complexity index is 846. The molecule has 2 aromatic heterocycles. The van der Waals surface area contributed by atoms with E-state index in [2.05, 4.69) is 25.2 Å². The molecule has 10 heteroatoms. The van der Waals surface area contributed by atoms with Crippen molar-refractivity contribution in [1.29, 1.82) is 0 Å². The van der Waals surface area contributed by atoms with Gasteiger partial charge in [-0.05, 0) is 33.2 Å². The Labute approximate surface area is 170 Å². The summed E-state index contributed by atoms with van der Waals surface area (Å²) < 4.78 is 0. The maximum atomic E-state index is 12.4. The highest BCUT2D eigenvalue weighted by atomic mass is 16.2. The lowest BCUT2D eigenvalue weighted by Gasteiger charge is -2.36.